The highest BCUT2D eigenvalue weighted by atomic mass is 16.5. The number of rotatable bonds is 9. The summed E-state index contributed by atoms with van der Waals surface area (Å²) in [5, 5.41) is 6.68. The SMILES string of the molecule is CCc1cccc2c(C(=O)COC(=O)c3nn(CC(=O)c4c[nH]c5c(CC)cccc45)c4ccccc34)c[nH]c12. The normalized spacial score (nSPS) is 11.4. The van der Waals surface area contributed by atoms with E-state index in [9.17, 15) is 14.4 Å². The fraction of sp³-hybridized carbons (Fsp3) is 0.188. The highest BCUT2D eigenvalue weighted by Crippen LogP contribution is 2.26. The zero-order chi connectivity index (χ0) is 27.8. The van der Waals surface area contributed by atoms with Crippen molar-refractivity contribution in [3.8, 4) is 0 Å². The minimum absolute atomic E-state index is 0.0505. The van der Waals surface area contributed by atoms with Crippen LogP contribution >= 0.6 is 0 Å². The number of ketones is 2. The van der Waals surface area contributed by atoms with Gasteiger partial charge in [-0.05, 0) is 30.0 Å². The molecule has 0 radical (unpaired) electrons. The molecule has 40 heavy (non-hydrogen) atoms. The summed E-state index contributed by atoms with van der Waals surface area (Å²) in [6.07, 6.45) is 5.07. The number of hydrogen-bond acceptors (Lipinski definition) is 5. The largest absolute Gasteiger partial charge is 0.452 e. The van der Waals surface area contributed by atoms with Crippen LogP contribution in [0.4, 0.5) is 0 Å². The molecule has 2 N–H and O–H groups in total. The van der Waals surface area contributed by atoms with Crippen molar-refractivity contribution in [1.82, 2.24) is 19.7 Å². The number of ether oxygens (including phenoxy) is 1. The molecule has 0 unspecified atom stereocenters. The zero-order valence-corrected chi connectivity index (χ0v) is 22.3. The molecule has 8 nitrogen and oxygen atoms in total. The molecule has 6 rings (SSSR count). The van der Waals surface area contributed by atoms with E-state index in [1.165, 1.54) is 4.68 Å². The van der Waals surface area contributed by atoms with Crippen LogP contribution in [0.1, 0.15) is 56.2 Å². The van der Waals surface area contributed by atoms with Crippen LogP contribution in [-0.4, -0.2) is 43.9 Å². The van der Waals surface area contributed by atoms with Crippen LogP contribution in [0.25, 0.3) is 32.7 Å². The summed E-state index contributed by atoms with van der Waals surface area (Å²) in [5.74, 6) is -1.16. The molecule has 0 spiro atoms. The van der Waals surface area contributed by atoms with Gasteiger partial charge in [-0.15, -0.1) is 0 Å². The number of fused-ring (bicyclic) bond motifs is 3. The first-order valence-corrected chi connectivity index (χ1v) is 13.4. The molecule has 0 saturated heterocycles. The van der Waals surface area contributed by atoms with E-state index in [0.717, 1.165) is 45.8 Å². The lowest BCUT2D eigenvalue weighted by molar-refractivity contribution is 0.0470. The molecule has 0 amide bonds. The first-order valence-electron chi connectivity index (χ1n) is 13.4. The fourth-order valence-corrected chi connectivity index (χ4v) is 5.38. The predicted octanol–water partition coefficient (Wildman–Crippen LogP) is 6.05. The van der Waals surface area contributed by atoms with Crippen LogP contribution < -0.4 is 0 Å². The van der Waals surface area contributed by atoms with Gasteiger partial charge >= 0.3 is 5.97 Å². The molecular weight excluding hydrogens is 504 g/mol. The third-order valence-electron chi connectivity index (χ3n) is 7.45. The van der Waals surface area contributed by atoms with Crippen molar-refractivity contribution in [1.29, 1.82) is 0 Å². The maximum absolute atomic E-state index is 13.4. The maximum Gasteiger partial charge on any atom is 0.359 e. The molecule has 0 aliphatic heterocycles. The molecular formula is C32H28N4O4. The van der Waals surface area contributed by atoms with Gasteiger partial charge in [-0.1, -0.05) is 68.4 Å². The minimum Gasteiger partial charge on any atom is -0.452 e. The van der Waals surface area contributed by atoms with Gasteiger partial charge in [0.2, 0.25) is 5.78 Å². The van der Waals surface area contributed by atoms with Crippen molar-refractivity contribution in [2.45, 2.75) is 33.2 Å². The number of hydrogen-bond donors (Lipinski definition) is 2. The summed E-state index contributed by atoms with van der Waals surface area (Å²) in [4.78, 5) is 45.9. The lowest BCUT2D eigenvalue weighted by atomic mass is 10.0. The zero-order valence-electron chi connectivity index (χ0n) is 22.3. The summed E-state index contributed by atoms with van der Waals surface area (Å²) < 4.78 is 6.95. The molecule has 0 atom stereocenters. The van der Waals surface area contributed by atoms with Gasteiger partial charge in [-0.3, -0.25) is 14.3 Å². The van der Waals surface area contributed by atoms with Gasteiger partial charge in [-0.25, -0.2) is 4.79 Å². The second-order valence-corrected chi connectivity index (χ2v) is 9.74. The number of Topliss-reactive ketones (excluding diaryl/α,β-unsaturated/α-hetero) is 2. The Morgan fingerprint density at radius 3 is 1.95 bits per heavy atom. The average molecular weight is 533 g/mol. The molecule has 0 saturated carbocycles. The van der Waals surface area contributed by atoms with E-state index in [1.807, 2.05) is 42.5 Å². The Labute approximate surface area is 229 Å². The number of aromatic nitrogens is 4. The summed E-state index contributed by atoms with van der Waals surface area (Å²) in [6.45, 7) is 3.66. The van der Waals surface area contributed by atoms with E-state index in [-0.39, 0.29) is 23.8 Å². The monoisotopic (exact) mass is 532 g/mol. The van der Waals surface area contributed by atoms with E-state index < -0.39 is 12.6 Å². The van der Waals surface area contributed by atoms with Crippen LogP contribution in [0.3, 0.4) is 0 Å². The van der Waals surface area contributed by atoms with Crippen LogP contribution in [-0.2, 0) is 24.1 Å². The highest BCUT2D eigenvalue weighted by molar-refractivity contribution is 6.11. The third-order valence-corrected chi connectivity index (χ3v) is 7.45. The molecule has 3 aromatic carbocycles. The van der Waals surface area contributed by atoms with E-state index in [1.54, 1.807) is 30.6 Å². The van der Waals surface area contributed by atoms with Gasteiger partial charge in [0, 0.05) is 50.7 Å². The number of nitrogens with one attached hydrogen (secondary N) is 2. The minimum atomic E-state index is -0.718. The van der Waals surface area contributed by atoms with Gasteiger partial charge in [0.05, 0.1) is 5.52 Å². The lowest BCUT2D eigenvalue weighted by Gasteiger charge is -2.04. The molecule has 3 heterocycles. The van der Waals surface area contributed by atoms with Crippen LogP contribution in [0, 0.1) is 0 Å². The molecule has 6 aromatic rings. The first kappa shape index (κ1) is 25.3. The molecule has 8 heteroatoms. The van der Waals surface area contributed by atoms with Gasteiger partial charge in [-0.2, -0.15) is 5.10 Å². The van der Waals surface area contributed by atoms with Gasteiger partial charge in [0.15, 0.2) is 18.1 Å². The Bertz CT molecular complexity index is 1920. The topological polar surface area (TPSA) is 110 Å². The van der Waals surface area contributed by atoms with Crippen molar-refractivity contribution in [3.05, 3.63) is 101 Å². The number of H-pyrrole nitrogens is 2. The van der Waals surface area contributed by atoms with E-state index >= 15 is 0 Å². The predicted molar refractivity (Wildman–Crippen MR) is 154 cm³/mol. The van der Waals surface area contributed by atoms with Crippen LogP contribution in [0.2, 0.25) is 0 Å². The summed E-state index contributed by atoms with van der Waals surface area (Å²) in [5.41, 5.74) is 5.86. The number of para-hydroxylation sites is 3. The quantitative estimate of drug-likeness (QED) is 0.174. The molecule has 200 valence electrons. The fourth-order valence-electron chi connectivity index (χ4n) is 5.38. The van der Waals surface area contributed by atoms with Crippen molar-refractivity contribution >= 4 is 50.2 Å². The second kappa shape index (κ2) is 10.3. The van der Waals surface area contributed by atoms with Crippen LogP contribution in [0.5, 0.6) is 0 Å². The smallest absolute Gasteiger partial charge is 0.359 e. The number of esters is 1. The molecule has 0 fully saturated rings. The average Bonchev–Trinajstić information content (AvgIpc) is 3.71. The molecule has 0 bridgehead atoms. The van der Waals surface area contributed by atoms with Crippen LogP contribution in [0.15, 0.2) is 73.1 Å². The molecule has 3 aromatic heterocycles. The number of carbonyl (C=O) groups is 3. The Balaban J connectivity index is 1.24. The third kappa shape index (κ3) is 4.27. The Kier molecular flexibility index (Phi) is 6.51. The van der Waals surface area contributed by atoms with E-state index in [0.29, 0.717) is 22.0 Å². The van der Waals surface area contributed by atoms with Crippen molar-refractivity contribution in [3.63, 3.8) is 0 Å². The molecule has 0 aliphatic carbocycles. The first-order chi connectivity index (χ1) is 19.5. The van der Waals surface area contributed by atoms with Gasteiger partial charge in [0.25, 0.3) is 0 Å². The van der Waals surface area contributed by atoms with E-state index in [4.69, 9.17) is 4.74 Å². The summed E-state index contributed by atoms with van der Waals surface area (Å²) in [7, 11) is 0. The molecule has 0 aliphatic rings. The number of nitrogens with zero attached hydrogens (tertiary/aromatic N) is 2. The number of aromatic amines is 2. The van der Waals surface area contributed by atoms with Crippen molar-refractivity contribution in [2.24, 2.45) is 0 Å². The Morgan fingerprint density at radius 1 is 0.750 bits per heavy atom. The maximum atomic E-state index is 13.4. The number of carbonyl (C=O) groups excluding carboxylic acids is 3. The second-order valence-electron chi connectivity index (χ2n) is 9.74. The van der Waals surface area contributed by atoms with E-state index in [2.05, 4.69) is 28.9 Å². The van der Waals surface area contributed by atoms with Crippen molar-refractivity contribution < 1.29 is 19.1 Å². The Hall–Kier alpha value is -4.98. The number of benzene rings is 3. The van der Waals surface area contributed by atoms with Gasteiger partial charge < -0.3 is 14.7 Å². The standard InChI is InChI=1S/C32H28N4O4/c1-3-19-9-7-12-21-24(15-33-29(19)21)27(37)17-36-26-14-6-5-11-23(26)31(35-36)32(39)40-18-28(38)25-16-34-30-20(4-2)10-8-13-22(25)30/h5-16,33-34H,3-4,17-18H2,1-2H3. The summed E-state index contributed by atoms with van der Waals surface area (Å²) in [6, 6.07) is 18.9. The Morgan fingerprint density at radius 2 is 1.32 bits per heavy atom. The lowest BCUT2D eigenvalue weighted by Crippen LogP contribution is -2.16. The number of aryl methyl sites for hydroxylation is 2. The summed E-state index contributed by atoms with van der Waals surface area (Å²) >= 11 is 0. The van der Waals surface area contributed by atoms with Gasteiger partial charge in [0.1, 0.15) is 6.54 Å². The highest BCUT2D eigenvalue weighted by Gasteiger charge is 2.23. The van der Waals surface area contributed by atoms with Crippen molar-refractivity contribution in [2.75, 3.05) is 6.61 Å².